The molecule has 1 aromatic rings. The van der Waals surface area contributed by atoms with Crippen molar-refractivity contribution >= 4 is 11.3 Å². The predicted molar refractivity (Wildman–Crippen MR) is 67.8 cm³/mol. The highest BCUT2D eigenvalue weighted by Crippen LogP contribution is 2.38. The zero-order valence-electron chi connectivity index (χ0n) is 9.96. The zero-order valence-corrected chi connectivity index (χ0v) is 10.8. The SMILES string of the molecule is CC1(NCc2cnc(C3CCC3)s2)CCC1. The highest BCUT2D eigenvalue weighted by molar-refractivity contribution is 7.11. The van der Waals surface area contributed by atoms with E-state index >= 15 is 0 Å². The topological polar surface area (TPSA) is 24.9 Å². The van der Waals surface area contributed by atoms with E-state index in [1.165, 1.54) is 48.4 Å². The van der Waals surface area contributed by atoms with Crippen molar-refractivity contribution in [1.82, 2.24) is 10.3 Å². The molecule has 1 N–H and O–H groups in total. The van der Waals surface area contributed by atoms with Crippen LogP contribution in [-0.2, 0) is 6.54 Å². The van der Waals surface area contributed by atoms with E-state index in [1.54, 1.807) is 0 Å². The Morgan fingerprint density at radius 2 is 2.25 bits per heavy atom. The van der Waals surface area contributed by atoms with E-state index < -0.39 is 0 Å². The molecular formula is C13H20N2S. The van der Waals surface area contributed by atoms with Gasteiger partial charge in [0.1, 0.15) is 0 Å². The van der Waals surface area contributed by atoms with Gasteiger partial charge in [-0.05, 0) is 39.0 Å². The van der Waals surface area contributed by atoms with Crippen molar-refractivity contribution in [2.45, 2.75) is 63.5 Å². The van der Waals surface area contributed by atoms with Crippen LogP contribution in [0.3, 0.4) is 0 Å². The third-order valence-electron chi connectivity index (χ3n) is 4.17. The number of nitrogens with one attached hydrogen (secondary N) is 1. The molecule has 0 unspecified atom stereocenters. The van der Waals surface area contributed by atoms with Crippen LogP contribution in [0.5, 0.6) is 0 Å². The number of aromatic nitrogens is 1. The Bertz CT molecular complexity index is 364. The monoisotopic (exact) mass is 236 g/mol. The van der Waals surface area contributed by atoms with Gasteiger partial charge in [-0.2, -0.15) is 0 Å². The molecule has 1 aromatic heterocycles. The molecule has 2 nitrogen and oxygen atoms in total. The maximum absolute atomic E-state index is 4.56. The summed E-state index contributed by atoms with van der Waals surface area (Å²) in [5, 5.41) is 5.05. The first-order valence-corrected chi connectivity index (χ1v) is 7.26. The number of rotatable bonds is 4. The summed E-state index contributed by atoms with van der Waals surface area (Å²) in [6.07, 6.45) is 10.3. The molecule has 2 aliphatic rings. The maximum atomic E-state index is 4.56. The maximum Gasteiger partial charge on any atom is 0.0959 e. The smallest absolute Gasteiger partial charge is 0.0959 e. The third-order valence-corrected chi connectivity index (χ3v) is 5.33. The Kier molecular flexibility index (Phi) is 2.76. The summed E-state index contributed by atoms with van der Waals surface area (Å²) in [5.74, 6) is 0.790. The predicted octanol–water partition coefficient (Wildman–Crippen LogP) is 3.44. The molecule has 2 aliphatic carbocycles. The van der Waals surface area contributed by atoms with Gasteiger partial charge in [0, 0.05) is 29.1 Å². The van der Waals surface area contributed by atoms with Gasteiger partial charge < -0.3 is 5.32 Å². The van der Waals surface area contributed by atoms with Crippen LogP contribution < -0.4 is 5.32 Å². The molecule has 16 heavy (non-hydrogen) atoms. The molecule has 0 atom stereocenters. The Labute approximate surface area is 101 Å². The molecule has 1 heterocycles. The fourth-order valence-electron chi connectivity index (χ4n) is 2.43. The van der Waals surface area contributed by atoms with Gasteiger partial charge in [-0.1, -0.05) is 6.42 Å². The molecule has 0 amide bonds. The summed E-state index contributed by atoms with van der Waals surface area (Å²) in [7, 11) is 0. The number of nitrogens with zero attached hydrogens (tertiary/aromatic N) is 1. The van der Waals surface area contributed by atoms with Crippen LogP contribution in [0.1, 0.15) is 61.3 Å². The second-order valence-corrected chi connectivity index (χ2v) is 6.71. The van der Waals surface area contributed by atoms with Crippen LogP contribution in [0, 0.1) is 0 Å². The molecule has 88 valence electrons. The van der Waals surface area contributed by atoms with Crippen LogP contribution >= 0.6 is 11.3 Å². The Balaban J connectivity index is 1.55. The van der Waals surface area contributed by atoms with Crippen LogP contribution in [0.2, 0.25) is 0 Å². The largest absolute Gasteiger partial charge is 0.307 e. The van der Waals surface area contributed by atoms with Gasteiger partial charge >= 0.3 is 0 Å². The Hall–Kier alpha value is -0.410. The highest BCUT2D eigenvalue weighted by Gasteiger charge is 2.31. The fourth-order valence-corrected chi connectivity index (χ4v) is 3.46. The van der Waals surface area contributed by atoms with E-state index in [4.69, 9.17) is 0 Å². The quantitative estimate of drug-likeness (QED) is 0.866. The average Bonchev–Trinajstić information content (AvgIpc) is 2.57. The molecular weight excluding hydrogens is 216 g/mol. The first-order chi connectivity index (χ1) is 7.75. The number of hydrogen-bond acceptors (Lipinski definition) is 3. The molecule has 0 radical (unpaired) electrons. The van der Waals surface area contributed by atoms with Crippen molar-refractivity contribution in [1.29, 1.82) is 0 Å². The average molecular weight is 236 g/mol. The zero-order chi connectivity index (χ0) is 11.0. The van der Waals surface area contributed by atoms with E-state index in [0.717, 1.165) is 12.5 Å². The number of thiazole rings is 1. The molecule has 2 saturated carbocycles. The highest BCUT2D eigenvalue weighted by atomic mass is 32.1. The van der Waals surface area contributed by atoms with E-state index in [-0.39, 0.29) is 0 Å². The summed E-state index contributed by atoms with van der Waals surface area (Å²) >= 11 is 1.92. The number of hydrogen-bond donors (Lipinski definition) is 1. The van der Waals surface area contributed by atoms with Gasteiger partial charge in [-0.15, -0.1) is 11.3 Å². The fraction of sp³-hybridized carbons (Fsp3) is 0.769. The van der Waals surface area contributed by atoms with Gasteiger partial charge in [0.2, 0.25) is 0 Å². The summed E-state index contributed by atoms with van der Waals surface area (Å²) < 4.78 is 0. The van der Waals surface area contributed by atoms with Crippen molar-refractivity contribution in [3.8, 4) is 0 Å². The summed E-state index contributed by atoms with van der Waals surface area (Å²) in [5.41, 5.74) is 0.417. The van der Waals surface area contributed by atoms with Gasteiger partial charge in [0.25, 0.3) is 0 Å². The first kappa shape index (κ1) is 10.7. The minimum atomic E-state index is 0.417. The minimum absolute atomic E-state index is 0.417. The van der Waals surface area contributed by atoms with E-state index in [2.05, 4.69) is 23.4 Å². The van der Waals surface area contributed by atoms with Crippen LogP contribution in [0.15, 0.2) is 6.20 Å². The van der Waals surface area contributed by atoms with Crippen LogP contribution in [-0.4, -0.2) is 10.5 Å². The van der Waals surface area contributed by atoms with Gasteiger partial charge in [-0.25, -0.2) is 4.98 Å². The Morgan fingerprint density at radius 1 is 1.44 bits per heavy atom. The molecule has 3 heteroatoms. The lowest BCUT2D eigenvalue weighted by Gasteiger charge is -2.39. The molecule has 0 aromatic carbocycles. The third kappa shape index (κ3) is 2.03. The normalized spacial score (nSPS) is 23.8. The van der Waals surface area contributed by atoms with Crippen molar-refractivity contribution in [3.05, 3.63) is 16.1 Å². The van der Waals surface area contributed by atoms with Crippen molar-refractivity contribution in [3.63, 3.8) is 0 Å². The lowest BCUT2D eigenvalue weighted by molar-refractivity contribution is 0.207. The molecule has 0 aliphatic heterocycles. The van der Waals surface area contributed by atoms with E-state index in [0.29, 0.717) is 5.54 Å². The van der Waals surface area contributed by atoms with E-state index in [1.807, 2.05) is 11.3 Å². The first-order valence-electron chi connectivity index (χ1n) is 6.45. The molecule has 0 saturated heterocycles. The Morgan fingerprint density at radius 3 is 2.81 bits per heavy atom. The lowest BCUT2D eigenvalue weighted by atomic mass is 9.78. The van der Waals surface area contributed by atoms with Gasteiger partial charge in [0.05, 0.1) is 5.01 Å². The molecule has 0 spiro atoms. The lowest BCUT2D eigenvalue weighted by Crippen LogP contribution is -2.47. The molecule has 0 bridgehead atoms. The molecule has 2 fully saturated rings. The van der Waals surface area contributed by atoms with Crippen molar-refractivity contribution in [2.24, 2.45) is 0 Å². The summed E-state index contributed by atoms with van der Waals surface area (Å²) in [6, 6.07) is 0. The standard InChI is InChI=1S/C13H20N2S/c1-13(6-3-7-13)15-9-11-8-14-12(16-11)10-4-2-5-10/h8,10,15H,2-7,9H2,1H3. The molecule has 3 rings (SSSR count). The van der Waals surface area contributed by atoms with Gasteiger partial charge in [0.15, 0.2) is 0 Å². The van der Waals surface area contributed by atoms with E-state index in [9.17, 15) is 0 Å². The second kappa shape index (κ2) is 4.11. The van der Waals surface area contributed by atoms with Crippen molar-refractivity contribution in [2.75, 3.05) is 0 Å². The summed E-state index contributed by atoms with van der Waals surface area (Å²) in [4.78, 5) is 5.97. The van der Waals surface area contributed by atoms with Crippen LogP contribution in [0.25, 0.3) is 0 Å². The minimum Gasteiger partial charge on any atom is -0.307 e. The summed E-state index contributed by atoms with van der Waals surface area (Å²) in [6.45, 7) is 3.35. The van der Waals surface area contributed by atoms with Crippen LogP contribution in [0.4, 0.5) is 0 Å². The van der Waals surface area contributed by atoms with Gasteiger partial charge in [-0.3, -0.25) is 0 Å². The second-order valence-electron chi connectivity index (χ2n) is 5.56. The van der Waals surface area contributed by atoms with Crippen molar-refractivity contribution < 1.29 is 0 Å².